The van der Waals surface area contributed by atoms with E-state index in [9.17, 15) is 9.90 Å². The molecule has 0 radical (unpaired) electrons. The zero-order chi connectivity index (χ0) is 18.3. The van der Waals surface area contributed by atoms with Gasteiger partial charge in [0.2, 0.25) is 0 Å². The number of hydrogen-bond acceptors (Lipinski definition) is 2. The third-order valence-electron chi connectivity index (χ3n) is 4.26. The molecule has 0 aromatic heterocycles. The molecule has 1 aliphatic rings. The lowest BCUT2D eigenvalue weighted by atomic mass is 9.98. The number of benzene rings is 3. The Morgan fingerprint density at radius 1 is 0.885 bits per heavy atom. The molecule has 128 valence electrons. The molecular formula is C21H13Cl2NO2. The summed E-state index contributed by atoms with van der Waals surface area (Å²) in [5.41, 5.74) is 4.84. The van der Waals surface area contributed by atoms with Crippen LogP contribution in [0.25, 0.3) is 22.8 Å². The zero-order valence-corrected chi connectivity index (χ0v) is 15.0. The Balaban J connectivity index is 1.82. The van der Waals surface area contributed by atoms with Gasteiger partial charge in [-0.1, -0.05) is 59.6 Å². The van der Waals surface area contributed by atoms with Gasteiger partial charge < -0.3 is 10.4 Å². The molecule has 0 atom stereocenters. The Hall–Kier alpha value is -2.75. The van der Waals surface area contributed by atoms with Crippen LogP contribution in [0.2, 0.25) is 10.0 Å². The van der Waals surface area contributed by atoms with E-state index in [-0.39, 0.29) is 21.7 Å². The van der Waals surface area contributed by atoms with Gasteiger partial charge in [0.1, 0.15) is 0 Å². The third-order valence-corrected chi connectivity index (χ3v) is 4.84. The fraction of sp³-hybridized carbons (Fsp3) is 0. The maximum absolute atomic E-state index is 12.4. The predicted octanol–water partition coefficient (Wildman–Crippen LogP) is 5.86. The highest BCUT2D eigenvalue weighted by molar-refractivity contribution is 6.38. The molecule has 1 heterocycles. The molecule has 3 aromatic carbocycles. The largest absolute Gasteiger partial charge is 0.505 e. The molecule has 0 aliphatic carbocycles. The first kappa shape index (κ1) is 16.7. The van der Waals surface area contributed by atoms with Gasteiger partial charge in [0.05, 0.1) is 10.0 Å². The molecule has 26 heavy (non-hydrogen) atoms. The molecule has 0 unspecified atom stereocenters. The molecule has 0 fully saturated rings. The first-order valence-corrected chi connectivity index (χ1v) is 8.69. The number of fused-ring (bicyclic) bond motifs is 1. The zero-order valence-electron chi connectivity index (χ0n) is 13.5. The minimum Gasteiger partial charge on any atom is -0.505 e. The summed E-state index contributed by atoms with van der Waals surface area (Å²) in [7, 11) is 0. The van der Waals surface area contributed by atoms with Crippen molar-refractivity contribution in [2.24, 2.45) is 0 Å². The van der Waals surface area contributed by atoms with Crippen molar-refractivity contribution in [3.05, 3.63) is 81.8 Å². The Kier molecular flexibility index (Phi) is 4.19. The number of carbonyl (C=O) groups excluding carboxylic acids is 1. The SMILES string of the molecule is O=C1Nc2ccc(-c3ccccc3)cc2/C1=C/c1cc(Cl)c(O)c(Cl)c1. The van der Waals surface area contributed by atoms with Crippen LogP contribution in [0.5, 0.6) is 5.75 Å². The highest BCUT2D eigenvalue weighted by atomic mass is 35.5. The molecular weight excluding hydrogens is 369 g/mol. The number of hydrogen-bond donors (Lipinski definition) is 2. The second-order valence-corrected chi connectivity index (χ2v) is 6.79. The van der Waals surface area contributed by atoms with Crippen molar-refractivity contribution >= 4 is 46.4 Å². The van der Waals surface area contributed by atoms with E-state index >= 15 is 0 Å². The van der Waals surface area contributed by atoms with E-state index in [0.717, 1.165) is 22.4 Å². The second kappa shape index (κ2) is 6.52. The second-order valence-electron chi connectivity index (χ2n) is 5.97. The quantitative estimate of drug-likeness (QED) is 0.546. The van der Waals surface area contributed by atoms with Gasteiger partial charge in [0, 0.05) is 16.8 Å². The molecule has 1 amide bonds. The number of rotatable bonds is 2. The Labute approximate surface area is 160 Å². The van der Waals surface area contributed by atoms with Crippen LogP contribution in [-0.2, 0) is 4.79 Å². The van der Waals surface area contributed by atoms with E-state index < -0.39 is 0 Å². The molecule has 3 aromatic rings. The molecule has 5 heteroatoms. The first-order valence-electron chi connectivity index (χ1n) is 7.94. The number of nitrogens with one attached hydrogen (secondary N) is 1. The van der Waals surface area contributed by atoms with E-state index in [2.05, 4.69) is 5.32 Å². The number of carbonyl (C=O) groups is 1. The summed E-state index contributed by atoms with van der Waals surface area (Å²) < 4.78 is 0. The Bertz CT molecular complexity index is 1040. The van der Waals surface area contributed by atoms with E-state index in [1.54, 1.807) is 18.2 Å². The van der Waals surface area contributed by atoms with Gasteiger partial charge in [0.25, 0.3) is 5.91 Å². The van der Waals surface area contributed by atoms with E-state index in [4.69, 9.17) is 23.2 Å². The van der Waals surface area contributed by atoms with E-state index in [1.165, 1.54) is 0 Å². The maximum atomic E-state index is 12.4. The predicted molar refractivity (Wildman–Crippen MR) is 107 cm³/mol. The third kappa shape index (κ3) is 2.96. The molecule has 2 N–H and O–H groups in total. The average molecular weight is 382 g/mol. The number of anilines is 1. The minimum absolute atomic E-state index is 0.140. The van der Waals surface area contributed by atoms with Gasteiger partial charge in [0.15, 0.2) is 5.75 Å². The summed E-state index contributed by atoms with van der Waals surface area (Å²) in [4.78, 5) is 12.4. The lowest BCUT2D eigenvalue weighted by Crippen LogP contribution is -2.03. The lowest BCUT2D eigenvalue weighted by Gasteiger charge is -2.06. The molecule has 1 aliphatic heterocycles. The van der Waals surface area contributed by atoms with Gasteiger partial charge in [-0.25, -0.2) is 0 Å². The number of amides is 1. The van der Waals surface area contributed by atoms with Crippen molar-refractivity contribution in [1.29, 1.82) is 0 Å². The van der Waals surface area contributed by atoms with Gasteiger partial charge in [-0.3, -0.25) is 4.79 Å². The monoisotopic (exact) mass is 381 g/mol. The standard InChI is InChI=1S/C21H13Cl2NO2/c22-17-9-12(10-18(23)20(17)25)8-16-15-11-14(13-4-2-1-3-5-13)6-7-19(15)24-21(16)26/h1-11,25H,(H,24,26)/b16-8-. The fourth-order valence-electron chi connectivity index (χ4n) is 2.98. The molecule has 0 spiro atoms. The Morgan fingerprint density at radius 3 is 2.27 bits per heavy atom. The van der Waals surface area contributed by atoms with Gasteiger partial charge in [-0.15, -0.1) is 0 Å². The summed E-state index contributed by atoms with van der Waals surface area (Å²) >= 11 is 12.0. The van der Waals surface area contributed by atoms with Crippen LogP contribution in [0.4, 0.5) is 5.69 Å². The van der Waals surface area contributed by atoms with Crippen molar-refractivity contribution in [3.8, 4) is 16.9 Å². The van der Waals surface area contributed by atoms with Gasteiger partial charge in [-0.2, -0.15) is 0 Å². The highest BCUT2D eigenvalue weighted by Gasteiger charge is 2.24. The smallest absolute Gasteiger partial charge is 0.256 e. The van der Waals surface area contributed by atoms with Crippen LogP contribution in [0.15, 0.2) is 60.7 Å². The summed E-state index contributed by atoms with van der Waals surface area (Å²) in [6.07, 6.45) is 1.72. The summed E-state index contributed by atoms with van der Waals surface area (Å²) in [5.74, 6) is -0.358. The van der Waals surface area contributed by atoms with Crippen molar-refractivity contribution in [2.75, 3.05) is 5.32 Å². The first-order chi connectivity index (χ1) is 12.5. The van der Waals surface area contributed by atoms with Crippen LogP contribution >= 0.6 is 23.2 Å². The minimum atomic E-state index is -0.189. The molecule has 0 saturated heterocycles. The summed E-state index contributed by atoms with van der Waals surface area (Å²) in [6.45, 7) is 0. The van der Waals surface area contributed by atoms with Crippen molar-refractivity contribution < 1.29 is 9.90 Å². The fourth-order valence-corrected chi connectivity index (χ4v) is 3.48. The lowest BCUT2D eigenvalue weighted by molar-refractivity contribution is -0.110. The normalized spacial score (nSPS) is 14.4. The van der Waals surface area contributed by atoms with E-state index in [0.29, 0.717) is 11.1 Å². The number of aromatic hydroxyl groups is 1. The number of halogens is 2. The van der Waals surface area contributed by atoms with Gasteiger partial charge in [-0.05, 0) is 47.0 Å². The Morgan fingerprint density at radius 2 is 1.58 bits per heavy atom. The number of phenolic OH excluding ortho intramolecular Hbond substituents is 1. The highest BCUT2D eigenvalue weighted by Crippen LogP contribution is 2.38. The molecule has 4 rings (SSSR count). The van der Waals surface area contributed by atoms with Crippen molar-refractivity contribution in [1.82, 2.24) is 0 Å². The molecule has 0 bridgehead atoms. The van der Waals surface area contributed by atoms with Gasteiger partial charge >= 0.3 is 0 Å². The summed E-state index contributed by atoms with van der Waals surface area (Å²) in [5, 5.41) is 12.8. The van der Waals surface area contributed by atoms with Crippen LogP contribution in [0.3, 0.4) is 0 Å². The molecule has 3 nitrogen and oxygen atoms in total. The average Bonchev–Trinajstić information content (AvgIpc) is 2.95. The van der Waals surface area contributed by atoms with Crippen molar-refractivity contribution in [2.45, 2.75) is 0 Å². The van der Waals surface area contributed by atoms with Crippen molar-refractivity contribution in [3.63, 3.8) is 0 Å². The topological polar surface area (TPSA) is 49.3 Å². The summed E-state index contributed by atoms with van der Waals surface area (Å²) in [6, 6.07) is 19.0. The molecule has 0 saturated carbocycles. The van der Waals surface area contributed by atoms with E-state index in [1.807, 2.05) is 48.5 Å². The van der Waals surface area contributed by atoms with Crippen LogP contribution in [0, 0.1) is 0 Å². The van der Waals surface area contributed by atoms with Crippen LogP contribution in [-0.4, -0.2) is 11.0 Å². The number of phenols is 1. The maximum Gasteiger partial charge on any atom is 0.256 e. The van der Waals surface area contributed by atoms with Crippen LogP contribution < -0.4 is 5.32 Å². The van der Waals surface area contributed by atoms with Crippen LogP contribution in [0.1, 0.15) is 11.1 Å².